The van der Waals surface area contributed by atoms with Gasteiger partial charge in [0.2, 0.25) is 16.0 Å². The standard InChI is InChI=1S/C24H30ClN7O3S/c1-30(2)36(34,35)22-7-5-4-6-21(22)28-23-20(25)16-26-24(29-23)27-19-10-8-18(9-11-19)17-31-12-14-32(3,33)15-13-31/h4-11,16H,12-15,17H2,1-3H3,(H2,26,27,28,29). The van der Waals surface area contributed by atoms with E-state index in [-0.39, 0.29) is 20.4 Å². The molecule has 2 heterocycles. The Morgan fingerprint density at radius 3 is 2.42 bits per heavy atom. The van der Waals surface area contributed by atoms with Crippen LogP contribution in [-0.2, 0) is 16.6 Å². The third-order valence-corrected chi connectivity index (χ3v) is 8.19. The third-order valence-electron chi connectivity index (χ3n) is 6.04. The van der Waals surface area contributed by atoms with E-state index in [9.17, 15) is 13.6 Å². The Labute approximate surface area is 216 Å². The molecule has 1 aromatic heterocycles. The van der Waals surface area contributed by atoms with Crippen molar-refractivity contribution in [1.29, 1.82) is 0 Å². The number of sulfonamides is 1. The molecule has 0 amide bonds. The minimum atomic E-state index is -3.67. The number of hydrogen-bond acceptors (Lipinski definition) is 8. The first-order chi connectivity index (χ1) is 17.0. The second-order valence-electron chi connectivity index (χ2n) is 9.14. The molecule has 0 atom stereocenters. The number of rotatable bonds is 8. The van der Waals surface area contributed by atoms with Crippen molar-refractivity contribution in [2.75, 3.05) is 58.0 Å². The zero-order valence-corrected chi connectivity index (χ0v) is 22.1. The smallest absolute Gasteiger partial charge is 0.244 e. The Morgan fingerprint density at radius 2 is 1.75 bits per heavy atom. The summed E-state index contributed by atoms with van der Waals surface area (Å²) in [5, 5.41) is 18.5. The molecule has 1 saturated heterocycles. The maximum Gasteiger partial charge on any atom is 0.244 e. The summed E-state index contributed by atoms with van der Waals surface area (Å²) in [4.78, 5) is 11.1. The van der Waals surface area contributed by atoms with Gasteiger partial charge in [0.25, 0.3) is 0 Å². The van der Waals surface area contributed by atoms with Crippen LogP contribution in [0.1, 0.15) is 5.56 Å². The minimum Gasteiger partial charge on any atom is -0.633 e. The fourth-order valence-electron chi connectivity index (χ4n) is 3.80. The summed E-state index contributed by atoms with van der Waals surface area (Å²) in [6.07, 6.45) is 1.45. The molecule has 0 unspecified atom stereocenters. The Balaban J connectivity index is 1.46. The lowest BCUT2D eigenvalue weighted by molar-refractivity contribution is -0.865. The normalized spacial score (nSPS) is 16.2. The Kier molecular flexibility index (Phi) is 7.79. The first-order valence-electron chi connectivity index (χ1n) is 11.5. The summed E-state index contributed by atoms with van der Waals surface area (Å²) in [5.41, 5.74) is 2.31. The van der Waals surface area contributed by atoms with Gasteiger partial charge in [-0.3, -0.25) is 4.90 Å². The predicted molar refractivity (Wildman–Crippen MR) is 142 cm³/mol. The maximum absolute atomic E-state index is 12.7. The number of aromatic nitrogens is 2. The van der Waals surface area contributed by atoms with Crippen LogP contribution < -0.4 is 10.6 Å². The number of para-hydroxylation sites is 1. The summed E-state index contributed by atoms with van der Waals surface area (Å²) in [5.74, 6) is 0.590. The van der Waals surface area contributed by atoms with Gasteiger partial charge >= 0.3 is 0 Å². The molecule has 0 bridgehead atoms. The van der Waals surface area contributed by atoms with Crippen molar-refractivity contribution in [3.05, 3.63) is 70.5 Å². The topological polar surface area (TPSA) is 114 Å². The van der Waals surface area contributed by atoms with Crippen molar-refractivity contribution >= 4 is 44.8 Å². The summed E-state index contributed by atoms with van der Waals surface area (Å²) < 4.78 is 26.4. The Morgan fingerprint density at radius 1 is 1.08 bits per heavy atom. The lowest BCUT2D eigenvalue weighted by atomic mass is 10.2. The van der Waals surface area contributed by atoms with E-state index in [1.54, 1.807) is 25.2 Å². The van der Waals surface area contributed by atoms with Crippen molar-refractivity contribution in [2.24, 2.45) is 0 Å². The molecule has 4 rings (SSSR count). The second kappa shape index (κ2) is 10.7. The summed E-state index contributed by atoms with van der Waals surface area (Å²) in [6.45, 7) is 3.58. The van der Waals surface area contributed by atoms with Crippen LogP contribution in [0, 0.1) is 5.21 Å². The average molecular weight is 532 g/mol. The number of anilines is 4. The van der Waals surface area contributed by atoms with Crippen LogP contribution in [0.15, 0.2) is 59.6 Å². The van der Waals surface area contributed by atoms with Gasteiger partial charge in [0.05, 0.1) is 32.0 Å². The van der Waals surface area contributed by atoms with E-state index in [0.717, 1.165) is 35.2 Å². The van der Waals surface area contributed by atoms with Crippen molar-refractivity contribution < 1.29 is 13.1 Å². The molecule has 0 spiro atoms. The highest BCUT2D eigenvalue weighted by atomic mass is 35.5. The number of halogens is 1. The van der Waals surface area contributed by atoms with Crippen molar-refractivity contribution in [3.63, 3.8) is 0 Å². The largest absolute Gasteiger partial charge is 0.633 e. The molecule has 1 aliphatic heterocycles. The van der Waals surface area contributed by atoms with E-state index in [1.165, 1.54) is 26.4 Å². The van der Waals surface area contributed by atoms with E-state index in [2.05, 4.69) is 25.5 Å². The van der Waals surface area contributed by atoms with Crippen LogP contribution in [0.4, 0.5) is 23.1 Å². The van der Waals surface area contributed by atoms with Gasteiger partial charge in [0, 0.05) is 39.4 Å². The van der Waals surface area contributed by atoms with E-state index >= 15 is 0 Å². The molecule has 0 radical (unpaired) electrons. The summed E-state index contributed by atoms with van der Waals surface area (Å²) in [6, 6.07) is 14.5. The SMILES string of the molecule is CN(C)S(=O)(=O)c1ccccc1Nc1nc(Nc2ccc(CN3CC[N+](C)([O-])CC3)cc2)ncc1Cl. The molecule has 1 aliphatic rings. The molecule has 2 aromatic carbocycles. The first kappa shape index (κ1) is 26.3. The van der Waals surface area contributed by atoms with Gasteiger partial charge in [-0.25, -0.2) is 17.7 Å². The fourth-order valence-corrected chi connectivity index (χ4v) is 4.98. The molecule has 0 aliphatic carbocycles. The molecule has 192 valence electrons. The van der Waals surface area contributed by atoms with Crippen LogP contribution in [0.5, 0.6) is 0 Å². The molecule has 36 heavy (non-hydrogen) atoms. The monoisotopic (exact) mass is 531 g/mol. The Hall–Kier alpha value is -2.80. The lowest BCUT2D eigenvalue weighted by Gasteiger charge is -2.45. The molecule has 1 fully saturated rings. The van der Waals surface area contributed by atoms with Gasteiger partial charge in [-0.2, -0.15) is 4.98 Å². The number of likely N-dealkylation sites (N-methyl/N-ethyl adjacent to an activating group) is 1. The van der Waals surface area contributed by atoms with Gasteiger partial charge < -0.3 is 20.5 Å². The molecule has 3 aromatic rings. The minimum absolute atomic E-state index is 0.113. The Bertz CT molecular complexity index is 1310. The van der Waals surface area contributed by atoms with Gasteiger partial charge in [0.15, 0.2) is 5.82 Å². The maximum atomic E-state index is 12.7. The van der Waals surface area contributed by atoms with Crippen LogP contribution in [-0.4, -0.2) is 79.6 Å². The van der Waals surface area contributed by atoms with Crippen molar-refractivity contribution in [3.8, 4) is 0 Å². The van der Waals surface area contributed by atoms with Crippen molar-refractivity contribution in [1.82, 2.24) is 19.2 Å². The molecule has 12 heteroatoms. The van der Waals surface area contributed by atoms with E-state index in [1.807, 2.05) is 24.3 Å². The zero-order chi connectivity index (χ0) is 25.9. The van der Waals surface area contributed by atoms with Gasteiger partial charge in [0.1, 0.15) is 9.92 Å². The van der Waals surface area contributed by atoms with Gasteiger partial charge in [-0.1, -0.05) is 35.9 Å². The summed E-state index contributed by atoms with van der Waals surface area (Å²) >= 11 is 6.31. The summed E-state index contributed by atoms with van der Waals surface area (Å²) in [7, 11) is 1.01. The average Bonchev–Trinajstić information content (AvgIpc) is 2.84. The van der Waals surface area contributed by atoms with Crippen LogP contribution in [0.2, 0.25) is 5.02 Å². The van der Waals surface area contributed by atoms with E-state index in [0.29, 0.717) is 24.7 Å². The molecular weight excluding hydrogens is 502 g/mol. The number of piperazine rings is 1. The van der Waals surface area contributed by atoms with Gasteiger partial charge in [-0.05, 0) is 29.8 Å². The highest BCUT2D eigenvalue weighted by Gasteiger charge is 2.22. The highest BCUT2D eigenvalue weighted by Crippen LogP contribution is 2.30. The van der Waals surface area contributed by atoms with Crippen LogP contribution in [0.25, 0.3) is 0 Å². The van der Waals surface area contributed by atoms with Gasteiger partial charge in [-0.15, -0.1) is 0 Å². The fraction of sp³-hybridized carbons (Fsp3) is 0.333. The van der Waals surface area contributed by atoms with Crippen molar-refractivity contribution in [2.45, 2.75) is 11.4 Å². The quantitative estimate of drug-likeness (QED) is 0.334. The number of quaternary nitrogens is 1. The number of nitrogens with zero attached hydrogens (tertiary/aromatic N) is 5. The van der Waals surface area contributed by atoms with Crippen LogP contribution in [0.3, 0.4) is 0 Å². The third kappa shape index (κ3) is 6.30. The number of hydroxylamine groups is 3. The number of benzene rings is 2. The number of hydrogen-bond donors (Lipinski definition) is 2. The molecule has 10 nitrogen and oxygen atoms in total. The molecule has 2 N–H and O–H groups in total. The first-order valence-corrected chi connectivity index (χ1v) is 13.3. The molecular formula is C24H30ClN7O3S. The zero-order valence-electron chi connectivity index (χ0n) is 20.5. The predicted octanol–water partition coefficient (Wildman–Crippen LogP) is 3.63. The lowest BCUT2D eigenvalue weighted by Crippen LogP contribution is -2.53. The van der Waals surface area contributed by atoms with E-state index in [4.69, 9.17) is 11.6 Å². The van der Waals surface area contributed by atoms with Crippen LogP contribution >= 0.6 is 11.6 Å². The number of nitrogens with one attached hydrogen (secondary N) is 2. The van der Waals surface area contributed by atoms with E-state index < -0.39 is 10.0 Å². The second-order valence-corrected chi connectivity index (χ2v) is 11.7. The molecule has 0 saturated carbocycles. The highest BCUT2D eigenvalue weighted by molar-refractivity contribution is 7.89.